The number of anilines is 2. The number of hydrogen-bond acceptors (Lipinski definition) is 7. The molecule has 2 aromatic heterocycles. The van der Waals surface area contributed by atoms with Gasteiger partial charge in [0.15, 0.2) is 0 Å². The van der Waals surface area contributed by atoms with Crippen LogP contribution in [0.25, 0.3) is 10.2 Å². The monoisotopic (exact) mass is 539 g/mol. The van der Waals surface area contributed by atoms with Crippen molar-refractivity contribution in [2.24, 2.45) is 0 Å². The Bertz CT molecular complexity index is 1450. The highest BCUT2D eigenvalue weighted by molar-refractivity contribution is 7.20. The van der Waals surface area contributed by atoms with Gasteiger partial charge in [-0.15, -0.1) is 11.3 Å². The molecule has 0 spiro atoms. The predicted octanol–water partition coefficient (Wildman–Crippen LogP) is 5.32. The molecule has 4 aromatic rings. The van der Waals surface area contributed by atoms with E-state index in [9.17, 15) is 14.0 Å². The summed E-state index contributed by atoms with van der Waals surface area (Å²) in [6.07, 6.45) is 3.06. The number of carbonyl (C=O) groups excluding carboxylic acids is 1. The van der Waals surface area contributed by atoms with Crippen molar-refractivity contribution in [2.75, 3.05) is 18.4 Å². The van der Waals surface area contributed by atoms with Gasteiger partial charge in [-0.05, 0) is 54.8 Å². The number of aromatic carboxylic acids is 1. The van der Waals surface area contributed by atoms with Gasteiger partial charge >= 0.3 is 5.97 Å². The minimum absolute atomic E-state index is 0.00262. The van der Waals surface area contributed by atoms with Crippen molar-refractivity contribution in [1.29, 1.82) is 0 Å². The summed E-state index contributed by atoms with van der Waals surface area (Å²) >= 11 is 7.17. The Kier molecular flexibility index (Phi) is 7.31. The van der Waals surface area contributed by atoms with Crippen LogP contribution in [0.4, 0.5) is 15.9 Å². The van der Waals surface area contributed by atoms with E-state index in [0.29, 0.717) is 26.6 Å². The molecule has 1 fully saturated rings. The molecule has 5 rings (SSSR count). The zero-order chi connectivity index (χ0) is 25.9. The van der Waals surface area contributed by atoms with Crippen LogP contribution in [0.5, 0.6) is 0 Å². The summed E-state index contributed by atoms with van der Waals surface area (Å²) in [6.45, 7) is 2.40. The lowest BCUT2D eigenvalue weighted by Crippen LogP contribution is -2.44. The van der Waals surface area contributed by atoms with Crippen molar-refractivity contribution in [3.05, 3.63) is 81.7 Å². The second-order valence-electron chi connectivity index (χ2n) is 8.83. The van der Waals surface area contributed by atoms with E-state index in [1.807, 2.05) is 12.1 Å². The van der Waals surface area contributed by atoms with Crippen LogP contribution >= 0.6 is 22.9 Å². The van der Waals surface area contributed by atoms with Gasteiger partial charge in [-0.3, -0.25) is 9.69 Å². The Morgan fingerprint density at radius 3 is 2.57 bits per heavy atom. The molecule has 37 heavy (non-hydrogen) atoms. The lowest BCUT2D eigenvalue weighted by atomic mass is 10.0. The van der Waals surface area contributed by atoms with E-state index < -0.39 is 11.8 Å². The number of halogens is 2. The molecule has 8 nitrogen and oxygen atoms in total. The first-order valence-corrected chi connectivity index (χ1v) is 12.9. The maximum absolute atomic E-state index is 13.5. The number of thiophene rings is 1. The maximum atomic E-state index is 13.5. The number of fused-ring (bicyclic) bond motifs is 1. The highest BCUT2D eigenvalue weighted by atomic mass is 35.5. The normalized spacial score (nSPS) is 14.5. The smallest absolute Gasteiger partial charge is 0.335 e. The Labute approximate surface area is 221 Å². The molecule has 2 aromatic carbocycles. The Morgan fingerprint density at radius 2 is 1.86 bits per heavy atom. The van der Waals surface area contributed by atoms with Gasteiger partial charge in [0, 0.05) is 31.4 Å². The summed E-state index contributed by atoms with van der Waals surface area (Å²) in [5.41, 5.74) is 1.92. The van der Waals surface area contributed by atoms with Crippen LogP contribution in [-0.4, -0.2) is 51.0 Å². The average molecular weight is 540 g/mol. The van der Waals surface area contributed by atoms with Gasteiger partial charge in [0.2, 0.25) is 0 Å². The minimum atomic E-state index is -0.931. The minimum Gasteiger partial charge on any atom is -0.478 e. The predicted molar refractivity (Wildman–Crippen MR) is 141 cm³/mol. The number of benzene rings is 2. The molecule has 0 bridgehead atoms. The average Bonchev–Trinajstić information content (AvgIpc) is 3.34. The molecule has 0 radical (unpaired) electrons. The van der Waals surface area contributed by atoms with Crippen LogP contribution in [-0.2, 0) is 6.54 Å². The fraction of sp³-hybridized carbons (Fsp3) is 0.231. The van der Waals surface area contributed by atoms with Crippen LogP contribution in [0.2, 0.25) is 5.02 Å². The van der Waals surface area contributed by atoms with Crippen LogP contribution < -0.4 is 10.6 Å². The highest BCUT2D eigenvalue weighted by Gasteiger charge is 2.23. The van der Waals surface area contributed by atoms with Crippen LogP contribution in [0.3, 0.4) is 0 Å². The number of nitrogens with one attached hydrogen (secondary N) is 2. The van der Waals surface area contributed by atoms with E-state index in [2.05, 4.69) is 25.5 Å². The number of likely N-dealkylation sites (tertiary alicyclic amines) is 1. The van der Waals surface area contributed by atoms with Crippen molar-refractivity contribution in [3.8, 4) is 0 Å². The third kappa shape index (κ3) is 5.87. The number of carbonyl (C=O) groups is 2. The van der Waals surface area contributed by atoms with Crippen LogP contribution in [0.1, 0.15) is 38.4 Å². The number of hydrogen-bond donors (Lipinski definition) is 3. The first-order chi connectivity index (χ1) is 17.9. The molecular formula is C26H23ClFN5O3S. The fourth-order valence-electron chi connectivity index (χ4n) is 4.28. The second-order valence-corrected chi connectivity index (χ2v) is 10.3. The molecule has 0 unspecified atom stereocenters. The Morgan fingerprint density at radius 1 is 1.11 bits per heavy atom. The maximum Gasteiger partial charge on any atom is 0.335 e. The number of amides is 1. The molecule has 11 heteroatoms. The number of piperidine rings is 1. The summed E-state index contributed by atoms with van der Waals surface area (Å²) in [5, 5.41) is 16.0. The molecule has 1 aliphatic heterocycles. The summed E-state index contributed by atoms with van der Waals surface area (Å²) in [7, 11) is 0. The molecule has 0 atom stereocenters. The number of rotatable bonds is 7. The topological polar surface area (TPSA) is 107 Å². The van der Waals surface area contributed by atoms with Crippen molar-refractivity contribution in [3.63, 3.8) is 0 Å². The molecule has 0 aliphatic carbocycles. The molecule has 3 heterocycles. The largest absolute Gasteiger partial charge is 0.478 e. The lowest BCUT2D eigenvalue weighted by molar-refractivity contribution is 0.0696. The second kappa shape index (κ2) is 10.8. The fourth-order valence-corrected chi connectivity index (χ4v) is 5.36. The molecule has 1 aliphatic rings. The molecule has 3 N–H and O–H groups in total. The van der Waals surface area contributed by atoms with Crippen molar-refractivity contribution in [1.82, 2.24) is 20.2 Å². The zero-order valence-corrected chi connectivity index (χ0v) is 21.2. The summed E-state index contributed by atoms with van der Waals surface area (Å²) in [4.78, 5) is 36.1. The van der Waals surface area contributed by atoms with Gasteiger partial charge < -0.3 is 15.7 Å². The van der Waals surface area contributed by atoms with Gasteiger partial charge in [-0.25, -0.2) is 19.2 Å². The lowest BCUT2D eigenvalue weighted by Gasteiger charge is -2.32. The summed E-state index contributed by atoms with van der Waals surface area (Å²) in [6, 6.07) is 13.1. The van der Waals surface area contributed by atoms with Crippen LogP contribution in [0.15, 0.2) is 54.9 Å². The van der Waals surface area contributed by atoms with E-state index in [-0.39, 0.29) is 22.5 Å². The summed E-state index contributed by atoms with van der Waals surface area (Å²) < 4.78 is 13.5. The number of aromatic nitrogens is 2. The first-order valence-electron chi connectivity index (χ1n) is 11.7. The van der Waals surface area contributed by atoms with E-state index in [4.69, 9.17) is 16.7 Å². The molecule has 0 saturated carbocycles. The van der Waals surface area contributed by atoms with Gasteiger partial charge in [-0.2, -0.15) is 0 Å². The zero-order valence-electron chi connectivity index (χ0n) is 19.6. The summed E-state index contributed by atoms with van der Waals surface area (Å²) in [5.74, 6) is -1.08. The van der Waals surface area contributed by atoms with Gasteiger partial charge in [0.25, 0.3) is 5.91 Å². The molecule has 1 saturated heterocycles. The number of nitrogens with zero attached hydrogens (tertiary/aromatic N) is 3. The molecular weight excluding hydrogens is 517 g/mol. The number of carboxylic acids is 1. The van der Waals surface area contributed by atoms with Gasteiger partial charge in [0.1, 0.15) is 22.8 Å². The Balaban J connectivity index is 1.19. The Hall–Kier alpha value is -3.60. The van der Waals surface area contributed by atoms with E-state index in [0.717, 1.165) is 38.0 Å². The van der Waals surface area contributed by atoms with Gasteiger partial charge in [0.05, 0.1) is 20.8 Å². The third-order valence-electron chi connectivity index (χ3n) is 6.27. The van der Waals surface area contributed by atoms with E-state index >= 15 is 0 Å². The molecule has 190 valence electrons. The molecule has 1 amide bonds. The van der Waals surface area contributed by atoms with Crippen molar-refractivity contribution >= 4 is 56.5 Å². The van der Waals surface area contributed by atoms with E-state index in [1.54, 1.807) is 24.3 Å². The third-order valence-corrected chi connectivity index (χ3v) is 7.60. The standard InChI is InChI=1S/C26H23ClFN5O3S/c27-20-11-18(5-6-21(20)28)31-23-19-12-22(37-25(19)30-14-29-23)24(34)32-17-7-9-33(10-8-17)13-15-1-3-16(4-2-15)26(35)36/h1-6,11-12,14,17H,7-10,13H2,(H,32,34)(H,35,36)(H,29,30,31). The number of carboxylic acid groups (broad SMARTS) is 1. The van der Waals surface area contributed by atoms with Crippen LogP contribution in [0, 0.1) is 5.82 Å². The van der Waals surface area contributed by atoms with Crippen molar-refractivity contribution < 1.29 is 19.1 Å². The van der Waals surface area contributed by atoms with E-state index in [1.165, 1.54) is 29.8 Å². The van der Waals surface area contributed by atoms with Gasteiger partial charge in [-0.1, -0.05) is 23.7 Å². The first kappa shape index (κ1) is 25.1. The van der Waals surface area contributed by atoms with Crippen molar-refractivity contribution in [2.45, 2.75) is 25.4 Å². The SMILES string of the molecule is O=C(O)c1ccc(CN2CCC(NC(=O)c3cc4c(Nc5ccc(F)c(Cl)c5)ncnc4s3)CC2)cc1. The highest BCUT2D eigenvalue weighted by Crippen LogP contribution is 2.31. The quantitative estimate of drug-likeness (QED) is 0.292.